The molecule has 1 saturated heterocycles. The number of aliphatic carboxylic acids is 1. The summed E-state index contributed by atoms with van der Waals surface area (Å²) < 4.78 is 13.1. The molecule has 47 heavy (non-hydrogen) atoms. The van der Waals surface area contributed by atoms with Crippen LogP contribution in [0, 0.1) is 0 Å². The second-order valence-electron chi connectivity index (χ2n) is 12.0. The van der Waals surface area contributed by atoms with Crippen molar-refractivity contribution in [3.63, 3.8) is 0 Å². The minimum absolute atomic E-state index is 0.00410. The average molecular weight is 638 g/mol. The fraction of sp³-hybridized carbons (Fsp3) is 0.342. The van der Waals surface area contributed by atoms with E-state index in [0.29, 0.717) is 19.4 Å². The number of nitrogens with one attached hydrogen (secondary N) is 1. The number of amides is 1. The lowest BCUT2D eigenvalue weighted by atomic mass is 9.97. The summed E-state index contributed by atoms with van der Waals surface area (Å²) in [4.78, 5) is 29.8. The van der Waals surface area contributed by atoms with Crippen LogP contribution in [-0.2, 0) is 38.6 Å². The summed E-state index contributed by atoms with van der Waals surface area (Å²) in [6.07, 6.45) is 3.05. The van der Waals surface area contributed by atoms with Gasteiger partial charge in [-0.15, -0.1) is 0 Å². The molecule has 3 atom stereocenters. The van der Waals surface area contributed by atoms with Gasteiger partial charge in [-0.1, -0.05) is 78.9 Å². The highest BCUT2D eigenvalue weighted by atomic mass is 16.7. The molecule has 2 heterocycles. The van der Waals surface area contributed by atoms with E-state index in [-0.39, 0.29) is 37.6 Å². The van der Waals surface area contributed by atoms with Crippen LogP contribution in [0.2, 0.25) is 0 Å². The molecule has 0 spiro atoms. The fourth-order valence-electron chi connectivity index (χ4n) is 5.78. The van der Waals surface area contributed by atoms with Crippen LogP contribution in [0.25, 0.3) is 11.1 Å². The van der Waals surface area contributed by atoms with Crippen LogP contribution in [0.4, 0.5) is 0 Å². The van der Waals surface area contributed by atoms with E-state index in [1.165, 1.54) is 0 Å². The Morgan fingerprint density at radius 2 is 1.66 bits per heavy atom. The number of ether oxygens (including phenoxy) is 2. The number of rotatable bonds is 15. The summed E-state index contributed by atoms with van der Waals surface area (Å²) >= 11 is 0. The van der Waals surface area contributed by atoms with Crippen LogP contribution in [0.1, 0.15) is 66.0 Å². The molecule has 1 amide bonds. The third-order valence-electron chi connectivity index (χ3n) is 8.39. The minimum Gasteiger partial charge on any atom is -0.481 e. The highest BCUT2D eigenvalue weighted by Gasteiger charge is 2.32. The Morgan fingerprint density at radius 3 is 2.38 bits per heavy atom. The maximum atomic E-state index is 12.3. The molecule has 0 aliphatic carbocycles. The Morgan fingerprint density at radius 1 is 0.915 bits per heavy atom. The molecule has 9 heteroatoms. The predicted molar refractivity (Wildman–Crippen MR) is 179 cm³/mol. The van der Waals surface area contributed by atoms with Gasteiger partial charge < -0.3 is 29.9 Å². The van der Waals surface area contributed by atoms with Crippen molar-refractivity contribution in [1.82, 2.24) is 15.2 Å². The van der Waals surface area contributed by atoms with Crippen molar-refractivity contribution in [1.29, 1.82) is 0 Å². The Kier molecular flexibility index (Phi) is 12.2. The quantitative estimate of drug-likeness (QED) is 0.149. The van der Waals surface area contributed by atoms with E-state index < -0.39 is 12.3 Å². The molecule has 0 radical (unpaired) electrons. The topological polar surface area (TPSA) is 121 Å². The molecule has 0 unspecified atom stereocenters. The molecule has 246 valence electrons. The van der Waals surface area contributed by atoms with Crippen LogP contribution >= 0.6 is 0 Å². The summed E-state index contributed by atoms with van der Waals surface area (Å²) in [7, 11) is 2.10. The molecule has 4 aromatic rings. The summed E-state index contributed by atoms with van der Waals surface area (Å²) in [6.45, 7) is 1.95. The van der Waals surface area contributed by atoms with Gasteiger partial charge in [0.25, 0.3) is 0 Å². The van der Waals surface area contributed by atoms with E-state index in [0.717, 1.165) is 58.6 Å². The number of aliphatic hydroxyl groups excluding tert-OH is 1. The number of pyridine rings is 1. The molecule has 1 fully saturated rings. The van der Waals surface area contributed by atoms with Gasteiger partial charge in [0.05, 0.1) is 18.8 Å². The number of carboxylic acid groups (broad SMARTS) is 1. The number of benzene rings is 3. The highest BCUT2D eigenvalue weighted by Crippen LogP contribution is 2.38. The van der Waals surface area contributed by atoms with E-state index in [2.05, 4.69) is 22.2 Å². The molecule has 3 N–H and O–H groups in total. The molecule has 1 aliphatic rings. The largest absolute Gasteiger partial charge is 0.481 e. The standard InChI is InChI=1S/C38H43N3O6/c1-41(22-20-32-8-4-5-21-39-32)25-33-23-35(29-14-12-27(26-42)13-15-29)47-38(46-33)30-18-16-28(17-19-30)34-9-3-2-7-31(34)24-40-36(43)10-6-11-37(44)45/h2-5,7-9,12-19,21,33,35,38,42H,6,10-11,20,22-26H2,1H3,(H,40,43)(H,44,45)/t33-,35+,38+/m1/s1. The second-order valence-corrected chi connectivity index (χ2v) is 12.0. The zero-order valence-electron chi connectivity index (χ0n) is 26.8. The first-order chi connectivity index (χ1) is 22.9. The van der Waals surface area contributed by atoms with Crippen LogP contribution in [-0.4, -0.2) is 58.2 Å². The molecule has 0 bridgehead atoms. The lowest BCUT2D eigenvalue weighted by Crippen LogP contribution is -2.38. The van der Waals surface area contributed by atoms with E-state index in [1.54, 1.807) is 0 Å². The summed E-state index contributed by atoms with van der Waals surface area (Å²) in [5.41, 5.74) is 6.86. The van der Waals surface area contributed by atoms with E-state index in [9.17, 15) is 14.7 Å². The zero-order valence-corrected chi connectivity index (χ0v) is 26.8. The van der Waals surface area contributed by atoms with Gasteiger partial charge in [0.1, 0.15) is 0 Å². The molecule has 1 aromatic heterocycles. The van der Waals surface area contributed by atoms with Gasteiger partial charge in [-0.3, -0.25) is 14.6 Å². The van der Waals surface area contributed by atoms with Crippen molar-refractivity contribution in [3.05, 3.63) is 125 Å². The third kappa shape index (κ3) is 10.0. The SMILES string of the molecule is CN(CCc1ccccn1)C[C@H]1C[C@@H](c2ccc(CO)cc2)O[C@@H](c2ccc(-c3ccccc3CNC(=O)CCCC(=O)O)cc2)O1. The number of carboxylic acids is 1. The lowest BCUT2D eigenvalue weighted by molar-refractivity contribution is -0.252. The second kappa shape index (κ2) is 16.9. The van der Waals surface area contributed by atoms with Crippen molar-refractivity contribution in [2.75, 3.05) is 20.1 Å². The highest BCUT2D eigenvalue weighted by molar-refractivity contribution is 5.77. The number of carbonyl (C=O) groups excluding carboxylic acids is 1. The average Bonchev–Trinajstić information content (AvgIpc) is 3.10. The van der Waals surface area contributed by atoms with Crippen LogP contribution in [0.3, 0.4) is 0 Å². The number of nitrogens with zero attached hydrogens (tertiary/aromatic N) is 2. The zero-order chi connectivity index (χ0) is 33.0. The molecule has 5 rings (SSSR count). The molecular formula is C38H43N3O6. The molecule has 3 aromatic carbocycles. The molecular weight excluding hydrogens is 594 g/mol. The van der Waals surface area contributed by atoms with Crippen LogP contribution in [0.5, 0.6) is 0 Å². The van der Waals surface area contributed by atoms with Crippen molar-refractivity contribution >= 4 is 11.9 Å². The summed E-state index contributed by atoms with van der Waals surface area (Å²) in [6, 6.07) is 29.9. The van der Waals surface area contributed by atoms with Crippen LogP contribution < -0.4 is 5.32 Å². The first kappa shape index (κ1) is 33.9. The summed E-state index contributed by atoms with van der Waals surface area (Å²) in [5, 5.41) is 21.3. The molecule has 0 saturated carbocycles. The number of carbonyl (C=O) groups is 2. The normalized spacial score (nSPS) is 17.8. The number of hydrogen-bond acceptors (Lipinski definition) is 7. The van der Waals surface area contributed by atoms with Gasteiger partial charge in [-0.25, -0.2) is 0 Å². The van der Waals surface area contributed by atoms with E-state index in [4.69, 9.17) is 14.6 Å². The smallest absolute Gasteiger partial charge is 0.303 e. The predicted octanol–water partition coefficient (Wildman–Crippen LogP) is 5.83. The van der Waals surface area contributed by atoms with Gasteiger partial charge in [0, 0.05) is 62.8 Å². The van der Waals surface area contributed by atoms with Gasteiger partial charge in [0.15, 0.2) is 6.29 Å². The van der Waals surface area contributed by atoms with Gasteiger partial charge in [-0.05, 0) is 53.4 Å². The maximum Gasteiger partial charge on any atom is 0.303 e. The first-order valence-electron chi connectivity index (χ1n) is 16.1. The number of aliphatic hydroxyl groups is 1. The fourth-order valence-corrected chi connectivity index (χ4v) is 5.78. The first-order valence-corrected chi connectivity index (χ1v) is 16.1. The summed E-state index contributed by atoms with van der Waals surface area (Å²) in [5.74, 6) is -1.07. The van der Waals surface area contributed by atoms with Crippen molar-refractivity contribution in [2.24, 2.45) is 0 Å². The number of aromatic nitrogens is 1. The Balaban J connectivity index is 1.27. The van der Waals surface area contributed by atoms with E-state index in [1.807, 2.05) is 97.2 Å². The van der Waals surface area contributed by atoms with E-state index >= 15 is 0 Å². The van der Waals surface area contributed by atoms with Gasteiger partial charge in [0.2, 0.25) is 5.91 Å². The third-order valence-corrected chi connectivity index (χ3v) is 8.39. The Hall–Kier alpha value is -4.41. The minimum atomic E-state index is -0.901. The van der Waals surface area contributed by atoms with Crippen molar-refractivity contribution < 1.29 is 29.3 Å². The van der Waals surface area contributed by atoms with Gasteiger partial charge in [-0.2, -0.15) is 0 Å². The monoisotopic (exact) mass is 637 g/mol. The van der Waals surface area contributed by atoms with Gasteiger partial charge >= 0.3 is 5.97 Å². The number of likely N-dealkylation sites (N-methyl/N-ethyl adjacent to an activating group) is 1. The molecule has 1 aliphatic heterocycles. The molecule has 9 nitrogen and oxygen atoms in total. The Bertz CT molecular complexity index is 1580. The van der Waals surface area contributed by atoms with Crippen molar-refractivity contribution in [2.45, 2.75) is 63.8 Å². The maximum absolute atomic E-state index is 12.3. The Labute approximate surface area is 276 Å². The van der Waals surface area contributed by atoms with Crippen molar-refractivity contribution in [3.8, 4) is 11.1 Å². The number of hydrogen-bond donors (Lipinski definition) is 3. The van der Waals surface area contributed by atoms with Crippen LogP contribution in [0.15, 0.2) is 97.2 Å². The lowest BCUT2D eigenvalue weighted by Gasteiger charge is -2.38.